The van der Waals surface area contributed by atoms with Gasteiger partial charge < -0.3 is 20.4 Å². The summed E-state index contributed by atoms with van der Waals surface area (Å²) >= 11 is 0. The molecule has 0 saturated heterocycles. The molecule has 0 unspecified atom stereocenters. The molecule has 34 valence electrons. The Morgan fingerprint density at radius 1 is 1.25 bits per heavy atom. The fourth-order valence-corrected chi connectivity index (χ4v) is 0. The van der Waals surface area contributed by atoms with Gasteiger partial charge in [0.05, 0.1) is 5.97 Å². The third-order valence-corrected chi connectivity index (χ3v) is 0.185. The molecule has 0 aliphatic carbocycles. The van der Waals surface area contributed by atoms with Crippen LogP contribution in [0.5, 0.6) is 0 Å². The summed E-state index contributed by atoms with van der Waals surface area (Å²) in [5.74, 6) is -3.65. The number of rotatable bonds is 0. The van der Waals surface area contributed by atoms with Gasteiger partial charge in [-0.25, -0.2) is 0 Å². The average molecular weight is 133 g/mol. The summed E-state index contributed by atoms with van der Waals surface area (Å²) in [6.45, 7) is 0. The summed E-state index contributed by atoms with van der Waals surface area (Å²) in [5.41, 5.74) is 0. The van der Waals surface area contributed by atoms with E-state index in [-0.39, 0.29) is 59.1 Å². The number of carbonyl (C=O) groups is 1. The second-order valence-electron chi connectivity index (χ2n) is 0.617. The van der Waals surface area contributed by atoms with E-state index in [1.165, 1.54) is 0 Å². The van der Waals surface area contributed by atoms with Gasteiger partial charge in [0.2, 0.25) is 0 Å². The van der Waals surface area contributed by atoms with Crippen LogP contribution >= 0.6 is 0 Å². The molecular weight excluding hydrogens is 132 g/mol. The van der Waals surface area contributed by atoms with Gasteiger partial charge in [0.1, 0.15) is 0 Å². The van der Waals surface area contributed by atoms with E-state index < -0.39 is 11.9 Å². The first-order valence-electron chi connectivity index (χ1n) is 1.11. The van der Waals surface area contributed by atoms with Crippen molar-refractivity contribution in [2.75, 3.05) is 0 Å². The van der Waals surface area contributed by atoms with Crippen molar-refractivity contribution < 1.29 is 74.1 Å². The van der Waals surface area contributed by atoms with E-state index in [2.05, 4.69) is 0 Å². The van der Waals surface area contributed by atoms with Gasteiger partial charge in [-0.2, -0.15) is 0 Å². The summed E-state index contributed by atoms with van der Waals surface area (Å²) < 4.78 is 0. The molecule has 0 radical (unpaired) electrons. The number of nitrogens with one attached hydrogen (secondary N) is 1. The molecule has 0 aromatic carbocycles. The number of carboxylic acids is 1. The Morgan fingerprint density at radius 3 is 1.38 bits per heavy atom. The molecule has 0 fully saturated rings. The normalized spacial score (nSPS) is 5.50. The first-order valence-corrected chi connectivity index (χ1v) is 1.11. The van der Waals surface area contributed by atoms with Crippen molar-refractivity contribution in [3.63, 3.8) is 0 Å². The van der Waals surface area contributed by atoms with Crippen molar-refractivity contribution in [2.24, 2.45) is 0 Å². The second-order valence-corrected chi connectivity index (χ2v) is 0.617. The van der Waals surface area contributed by atoms with Crippen LogP contribution in [0.25, 0.3) is 0 Å². The summed E-state index contributed by atoms with van der Waals surface area (Å²) in [4.78, 5) is 9.05. The van der Waals surface area contributed by atoms with Crippen molar-refractivity contribution in [1.82, 2.24) is 0 Å². The second kappa shape index (κ2) is 7.94. The summed E-state index contributed by atoms with van der Waals surface area (Å²) in [7, 11) is 0. The molecular formula is C2HNNa2O3. The van der Waals surface area contributed by atoms with E-state index in [9.17, 15) is 0 Å². The Hall–Kier alpha value is 0.940. The Bertz CT molecular complexity index is 81.3. The number of aliphatic carboxylic acids is 1. The van der Waals surface area contributed by atoms with Crippen LogP contribution in [0.1, 0.15) is 0 Å². The van der Waals surface area contributed by atoms with E-state index in [4.69, 9.17) is 20.4 Å². The van der Waals surface area contributed by atoms with Crippen LogP contribution in [0.4, 0.5) is 0 Å². The largest absolute Gasteiger partial charge is 1.00 e. The minimum absolute atomic E-state index is 0. The molecule has 0 aliphatic rings. The Labute approximate surface area is 90.4 Å². The number of carboxylic acid groups (broad SMARTS) is 1. The Balaban J connectivity index is -0.000000125. The van der Waals surface area contributed by atoms with Crippen LogP contribution in [0, 0.1) is 5.41 Å². The molecule has 0 spiro atoms. The zero-order chi connectivity index (χ0) is 5.15. The fourth-order valence-electron chi connectivity index (χ4n) is 0. The smallest absolute Gasteiger partial charge is 0.858 e. The molecule has 6 heteroatoms. The number of carbonyl (C=O) groups excluding carboxylic acids is 1. The number of hydrogen-bond donors (Lipinski definition) is 1. The first kappa shape index (κ1) is 16.0. The van der Waals surface area contributed by atoms with E-state index in [0.29, 0.717) is 0 Å². The third-order valence-electron chi connectivity index (χ3n) is 0.185. The maximum absolute atomic E-state index is 9.15. The summed E-state index contributed by atoms with van der Waals surface area (Å²) in [6, 6.07) is 0. The van der Waals surface area contributed by atoms with Gasteiger partial charge in [-0.05, 0) is 0 Å². The summed E-state index contributed by atoms with van der Waals surface area (Å²) in [5, 5.41) is 23.9. The van der Waals surface area contributed by atoms with Crippen LogP contribution in [0.2, 0.25) is 0 Å². The average Bonchev–Trinajstić information content (AvgIpc) is 1.36. The molecule has 0 heterocycles. The van der Waals surface area contributed by atoms with E-state index in [0.717, 1.165) is 0 Å². The zero-order valence-electron chi connectivity index (χ0n) is 4.72. The SMILES string of the molecule is N=C([O-])C(=O)[O-].[Na+].[Na+]. The standard InChI is InChI=1S/C2H3NO3.2Na/c3-1(4)2(5)6;;/h(H2,3,4)(H,5,6);;/q;2*+1/p-2. The molecule has 1 N–H and O–H groups in total. The van der Waals surface area contributed by atoms with Gasteiger partial charge >= 0.3 is 59.1 Å². The maximum Gasteiger partial charge on any atom is 1.00 e. The van der Waals surface area contributed by atoms with Crippen molar-refractivity contribution in [3.05, 3.63) is 0 Å². The monoisotopic (exact) mass is 133 g/mol. The van der Waals surface area contributed by atoms with Crippen molar-refractivity contribution >= 4 is 11.9 Å². The minimum atomic E-state index is -1.96. The molecule has 8 heavy (non-hydrogen) atoms. The summed E-state index contributed by atoms with van der Waals surface area (Å²) in [6.07, 6.45) is 0. The first-order chi connectivity index (χ1) is 2.64. The van der Waals surface area contributed by atoms with Crippen LogP contribution in [0.3, 0.4) is 0 Å². The van der Waals surface area contributed by atoms with Gasteiger partial charge in [0, 0.05) is 5.90 Å². The Kier molecular flexibility index (Phi) is 15.9. The molecule has 0 aromatic heterocycles. The van der Waals surface area contributed by atoms with Crippen molar-refractivity contribution in [2.45, 2.75) is 0 Å². The van der Waals surface area contributed by atoms with E-state index in [1.54, 1.807) is 0 Å². The van der Waals surface area contributed by atoms with E-state index in [1.807, 2.05) is 0 Å². The molecule has 0 saturated carbocycles. The quantitative estimate of drug-likeness (QED) is 0.202. The van der Waals surface area contributed by atoms with Gasteiger partial charge in [-0.15, -0.1) is 0 Å². The van der Waals surface area contributed by atoms with Crippen molar-refractivity contribution in [3.8, 4) is 0 Å². The Morgan fingerprint density at radius 2 is 1.38 bits per heavy atom. The van der Waals surface area contributed by atoms with Crippen LogP contribution in [-0.2, 0) is 4.79 Å². The predicted octanol–water partition coefficient (Wildman–Crippen LogP) is -8.92. The minimum Gasteiger partial charge on any atom is -0.858 e. The van der Waals surface area contributed by atoms with Crippen molar-refractivity contribution in [1.29, 1.82) is 5.41 Å². The molecule has 0 atom stereocenters. The van der Waals surface area contributed by atoms with Crippen LogP contribution in [-0.4, -0.2) is 11.9 Å². The molecule has 0 aliphatic heterocycles. The van der Waals surface area contributed by atoms with Gasteiger partial charge in [0.15, 0.2) is 0 Å². The zero-order valence-corrected chi connectivity index (χ0v) is 8.72. The van der Waals surface area contributed by atoms with Crippen LogP contribution < -0.4 is 69.3 Å². The van der Waals surface area contributed by atoms with Gasteiger partial charge in [-0.1, -0.05) is 0 Å². The van der Waals surface area contributed by atoms with Crippen LogP contribution in [0.15, 0.2) is 0 Å². The predicted molar refractivity (Wildman–Crippen MR) is 12.7 cm³/mol. The van der Waals surface area contributed by atoms with Gasteiger partial charge in [0.25, 0.3) is 0 Å². The third kappa shape index (κ3) is 10.0. The topological polar surface area (TPSA) is 87.0 Å². The molecule has 0 amide bonds. The molecule has 0 aromatic rings. The fraction of sp³-hybridized carbons (Fsp3) is 0. The maximum atomic E-state index is 9.15. The van der Waals surface area contributed by atoms with E-state index >= 15 is 0 Å². The molecule has 0 rings (SSSR count). The number of hydrogen-bond acceptors (Lipinski definition) is 4. The molecule has 0 bridgehead atoms. The molecule has 4 nitrogen and oxygen atoms in total. The van der Waals surface area contributed by atoms with Gasteiger partial charge in [-0.3, -0.25) is 0 Å².